The summed E-state index contributed by atoms with van der Waals surface area (Å²) in [4.78, 5) is 14.6. The number of aliphatic hydroxyl groups excluding tert-OH is 1. The molecule has 1 saturated heterocycles. The molecule has 1 amide bonds. The predicted octanol–water partition coefficient (Wildman–Crippen LogP) is 2.74. The first kappa shape index (κ1) is 20.0. The molecule has 1 atom stereocenters. The fourth-order valence-corrected chi connectivity index (χ4v) is 5.44. The van der Waals surface area contributed by atoms with E-state index in [2.05, 4.69) is 13.5 Å². The number of nitrogens with one attached hydrogen (secondary N) is 1. The molecule has 2 N–H and O–H groups in total. The summed E-state index contributed by atoms with van der Waals surface area (Å²) >= 11 is 6.99. The van der Waals surface area contributed by atoms with Crippen LogP contribution in [0.4, 0.5) is 5.69 Å². The number of amides is 1. The van der Waals surface area contributed by atoms with Crippen molar-refractivity contribution in [2.24, 2.45) is 0 Å². The number of likely N-dealkylation sites (tertiary alicyclic amines) is 1. The highest BCUT2D eigenvalue weighted by atomic mass is 35.5. The lowest BCUT2D eigenvalue weighted by molar-refractivity contribution is 0.0678. The molecule has 0 spiro atoms. The molecule has 29 heavy (non-hydrogen) atoms. The van der Waals surface area contributed by atoms with Crippen LogP contribution in [0.15, 0.2) is 41.3 Å². The first-order valence-electron chi connectivity index (χ1n) is 8.86. The van der Waals surface area contributed by atoms with E-state index in [0.717, 1.165) is 18.1 Å². The molecular weight excluding hydrogens is 436 g/mol. The van der Waals surface area contributed by atoms with Crippen molar-refractivity contribution in [1.82, 2.24) is 13.6 Å². The second kappa shape index (κ2) is 7.86. The quantitative estimate of drug-likeness (QED) is 0.615. The molecule has 3 aromatic rings. The van der Waals surface area contributed by atoms with E-state index in [1.165, 1.54) is 24.3 Å². The molecule has 1 aliphatic heterocycles. The van der Waals surface area contributed by atoms with Crippen molar-refractivity contribution in [3.63, 3.8) is 0 Å². The molecule has 1 aromatic heterocycles. The number of hydrogen-bond acceptors (Lipinski definition) is 7. The zero-order chi connectivity index (χ0) is 20.6. The third-order valence-electron chi connectivity index (χ3n) is 4.84. The number of anilines is 1. The van der Waals surface area contributed by atoms with E-state index < -0.39 is 10.0 Å². The second-order valence-electron chi connectivity index (χ2n) is 6.66. The molecule has 0 radical (unpaired) electrons. The fourth-order valence-electron chi connectivity index (χ4n) is 3.43. The Hall–Kier alpha value is -2.27. The van der Waals surface area contributed by atoms with Gasteiger partial charge in [-0.25, -0.2) is 8.42 Å². The normalized spacial score (nSPS) is 17.0. The SMILES string of the molecule is O=C(c1ccc(Cl)cc1NS(=O)(=O)c1cccc2nsnc12)N1CCC[C@@H]1CO. The van der Waals surface area contributed by atoms with Crippen LogP contribution in [0.25, 0.3) is 11.0 Å². The van der Waals surface area contributed by atoms with Crippen molar-refractivity contribution in [2.45, 2.75) is 23.8 Å². The number of sulfonamides is 1. The summed E-state index contributed by atoms with van der Waals surface area (Å²) < 4.78 is 36.7. The van der Waals surface area contributed by atoms with Crippen LogP contribution in [0.1, 0.15) is 23.2 Å². The second-order valence-corrected chi connectivity index (χ2v) is 9.28. The van der Waals surface area contributed by atoms with Crippen molar-refractivity contribution in [3.05, 3.63) is 47.0 Å². The van der Waals surface area contributed by atoms with Crippen molar-refractivity contribution < 1.29 is 18.3 Å². The van der Waals surface area contributed by atoms with Gasteiger partial charge in [-0.3, -0.25) is 9.52 Å². The van der Waals surface area contributed by atoms with Gasteiger partial charge in [-0.15, -0.1) is 0 Å². The third kappa shape index (κ3) is 3.80. The van der Waals surface area contributed by atoms with E-state index in [9.17, 15) is 18.3 Å². The van der Waals surface area contributed by atoms with Gasteiger partial charge in [0.05, 0.1) is 35.6 Å². The highest BCUT2D eigenvalue weighted by Gasteiger charge is 2.31. The molecule has 2 aromatic carbocycles. The smallest absolute Gasteiger partial charge is 0.264 e. The van der Waals surface area contributed by atoms with E-state index in [1.807, 2.05) is 0 Å². The van der Waals surface area contributed by atoms with Crippen LogP contribution >= 0.6 is 23.3 Å². The highest BCUT2D eigenvalue weighted by molar-refractivity contribution is 7.93. The molecular formula is C18H17ClN4O4S2. The van der Waals surface area contributed by atoms with Crippen molar-refractivity contribution in [3.8, 4) is 0 Å². The first-order valence-corrected chi connectivity index (χ1v) is 11.5. The number of aliphatic hydroxyl groups is 1. The first-order chi connectivity index (χ1) is 13.9. The molecule has 1 fully saturated rings. The van der Waals surface area contributed by atoms with E-state index in [-0.39, 0.29) is 45.2 Å². The minimum Gasteiger partial charge on any atom is -0.394 e. The summed E-state index contributed by atoms with van der Waals surface area (Å²) in [6, 6.07) is 8.82. The summed E-state index contributed by atoms with van der Waals surface area (Å²) in [5.41, 5.74) is 0.982. The monoisotopic (exact) mass is 452 g/mol. The van der Waals surface area contributed by atoms with Crippen LogP contribution in [0.2, 0.25) is 5.02 Å². The maximum Gasteiger partial charge on any atom is 0.264 e. The summed E-state index contributed by atoms with van der Waals surface area (Å²) in [6.45, 7) is 0.363. The number of benzene rings is 2. The molecule has 152 valence electrons. The number of hydrogen-bond donors (Lipinski definition) is 2. The topological polar surface area (TPSA) is 112 Å². The number of aromatic nitrogens is 2. The average Bonchev–Trinajstić information content (AvgIpc) is 3.36. The summed E-state index contributed by atoms with van der Waals surface area (Å²) in [6.07, 6.45) is 1.49. The maximum absolute atomic E-state index is 13.1. The van der Waals surface area contributed by atoms with Crippen LogP contribution in [0, 0.1) is 0 Å². The van der Waals surface area contributed by atoms with Crippen molar-refractivity contribution in [1.29, 1.82) is 0 Å². The number of halogens is 1. The van der Waals surface area contributed by atoms with E-state index >= 15 is 0 Å². The lowest BCUT2D eigenvalue weighted by atomic mass is 10.1. The minimum absolute atomic E-state index is 0.0310. The molecule has 0 saturated carbocycles. The molecule has 1 aliphatic rings. The molecule has 11 heteroatoms. The number of carbonyl (C=O) groups is 1. The van der Waals surface area contributed by atoms with Gasteiger partial charge in [0, 0.05) is 11.6 Å². The van der Waals surface area contributed by atoms with Gasteiger partial charge in [0.15, 0.2) is 0 Å². The van der Waals surface area contributed by atoms with Gasteiger partial charge in [-0.1, -0.05) is 17.7 Å². The maximum atomic E-state index is 13.1. The van der Waals surface area contributed by atoms with E-state index in [4.69, 9.17) is 11.6 Å². The Balaban J connectivity index is 1.73. The van der Waals surface area contributed by atoms with Crippen LogP contribution in [-0.4, -0.2) is 52.3 Å². The van der Waals surface area contributed by atoms with Crippen molar-refractivity contribution in [2.75, 3.05) is 17.9 Å². The Labute approximate surface area is 176 Å². The predicted molar refractivity (Wildman–Crippen MR) is 111 cm³/mol. The van der Waals surface area contributed by atoms with Crippen LogP contribution in [0.5, 0.6) is 0 Å². The van der Waals surface area contributed by atoms with Gasteiger partial charge in [-0.2, -0.15) is 8.75 Å². The number of fused-ring (bicyclic) bond motifs is 1. The van der Waals surface area contributed by atoms with Gasteiger partial charge in [0.2, 0.25) is 0 Å². The molecule has 0 aliphatic carbocycles. The van der Waals surface area contributed by atoms with Crippen molar-refractivity contribution >= 4 is 56.0 Å². The summed E-state index contributed by atoms with van der Waals surface area (Å²) in [5.74, 6) is -0.357. The fraction of sp³-hybridized carbons (Fsp3) is 0.278. The van der Waals surface area contributed by atoms with Gasteiger partial charge < -0.3 is 10.0 Å². The number of carbonyl (C=O) groups excluding carboxylic acids is 1. The largest absolute Gasteiger partial charge is 0.394 e. The van der Waals surface area contributed by atoms with Crippen LogP contribution in [0.3, 0.4) is 0 Å². The van der Waals surface area contributed by atoms with Crippen LogP contribution < -0.4 is 4.72 Å². The Morgan fingerprint density at radius 1 is 1.31 bits per heavy atom. The minimum atomic E-state index is -4.05. The summed E-state index contributed by atoms with van der Waals surface area (Å²) in [5, 5.41) is 9.81. The Bertz CT molecular complexity index is 1180. The van der Waals surface area contributed by atoms with Gasteiger partial charge in [0.25, 0.3) is 15.9 Å². The average molecular weight is 453 g/mol. The van der Waals surface area contributed by atoms with Crippen LogP contribution in [-0.2, 0) is 10.0 Å². The number of rotatable bonds is 5. The zero-order valence-electron chi connectivity index (χ0n) is 15.1. The molecule has 0 bridgehead atoms. The summed E-state index contributed by atoms with van der Waals surface area (Å²) in [7, 11) is -4.05. The molecule has 2 heterocycles. The lowest BCUT2D eigenvalue weighted by Gasteiger charge is -2.24. The van der Waals surface area contributed by atoms with Gasteiger partial charge in [0.1, 0.15) is 15.9 Å². The van der Waals surface area contributed by atoms with E-state index in [1.54, 1.807) is 17.0 Å². The zero-order valence-corrected chi connectivity index (χ0v) is 17.5. The standard InChI is InChI=1S/C18H17ClN4O4S2/c19-11-6-7-13(18(25)23-8-2-3-12(23)10-24)15(9-11)22-29(26,27)16-5-1-4-14-17(16)21-28-20-14/h1,4-7,9,12,22,24H,2-3,8,10H2/t12-/m1/s1. The Morgan fingerprint density at radius 2 is 2.14 bits per heavy atom. The lowest BCUT2D eigenvalue weighted by Crippen LogP contribution is -2.38. The molecule has 4 rings (SSSR count). The molecule has 0 unspecified atom stereocenters. The highest BCUT2D eigenvalue weighted by Crippen LogP contribution is 2.29. The third-order valence-corrected chi connectivity index (χ3v) is 7.02. The van der Waals surface area contributed by atoms with Gasteiger partial charge >= 0.3 is 0 Å². The molecule has 8 nitrogen and oxygen atoms in total. The Morgan fingerprint density at radius 3 is 2.93 bits per heavy atom. The van der Waals surface area contributed by atoms with E-state index in [0.29, 0.717) is 18.5 Å². The van der Waals surface area contributed by atoms with Gasteiger partial charge in [-0.05, 0) is 43.2 Å². The Kier molecular flexibility index (Phi) is 5.43. The number of nitrogens with zero attached hydrogens (tertiary/aromatic N) is 3.